The van der Waals surface area contributed by atoms with Crippen LogP contribution in [0.3, 0.4) is 0 Å². The number of rotatable bonds is 3. The third kappa shape index (κ3) is 2.98. The fourth-order valence-electron chi connectivity index (χ4n) is 1.95. The van der Waals surface area contributed by atoms with E-state index in [9.17, 15) is 8.42 Å². The van der Waals surface area contributed by atoms with Crippen molar-refractivity contribution in [3.63, 3.8) is 0 Å². The Morgan fingerprint density at radius 1 is 1.36 bits per heavy atom. The zero-order chi connectivity index (χ0) is 10.6. The summed E-state index contributed by atoms with van der Waals surface area (Å²) in [7, 11) is -3.02. The fraction of sp³-hybridized carbons (Fsp3) is 0.900. The third-order valence-electron chi connectivity index (χ3n) is 2.76. The maximum Gasteiger partial charge on any atom is 0.154 e. The van der Waals surface area contributed by atoms with Crippen molar-refractivity contribution in [1.29, 1.82) is 5.26 Å². The minimum atomic E-state index is -3.02. The lowest BCUT2D eigenvalue weighted by molar-refractivity contribution is 0.481. The Labute approximate surface area is 86.0 Å². The average molecular weight is 215 g/mol. The third-order valence-corrected chi connectivity index (χ3v) is 5.21. The van der Waals surface area contributed by atoms with Crippen LogP contribution in [0.25, 0.3) is 0 Å². The largest absolute Gasteiger partial charge is 0.229 e. The first-order valence-corrected chi connectivity index (χ1v) is 6.89. The first kappa shape index (κ1) is 11.5. The van der Waals surface area contributed by atoms with Gasteiger partial charge in [0.2, 0.25) is 0 Å². The number of hydrogen-bond donors (Lipinski definition) is 0. The monoisotopic (exact) mass is 215 g/mol. The van der Waals surface area contributed by atoms with Gasteiger partial charge in [-0.15, -0.1) is 0 Å². The Morgan fingerprint density at radius 3 is 2.43 bits per heavy atom. The molecule has 1 aliphatic carbocycles. The first-order valence-electron chi connectivity index (χ1n) is 5.17. The summed E-state index contributed by atoms with van der Waals surface area (Å²) in [5.74, 6) is -0.337. The maximum absolute atomic E-state index is 11.8. The van der Waals surface area contributed by atoms with Crippen LogP contribution in [0.5, 0.6) is 0 Å². The van der Waals surface area contributed by atoms with E-state index in [1.807, 2.05) is 6.07 Å². The molecule has 0 bridgehead atoms. The Morgan fingerprint density at radius 2 is 1.93 bits per heavy atom. The lowest BCUT2D eigenvalue weighted by Gasteiger charge is -2.22. The Balaban J connectivity index is 2.60. The molecule has 14 heavy (non-hydrogen) atoms. The molecule has 0 amide bonds. The van der Waals surface area contributed by atoms with E-state index in [2.05, 4.69) is 0 Å². The molecular formula is C10H17NO2S. The molecule has 80 valence electrons. The summed E-state index contributed by atoms with van der Waals surface area (Å²) < 4.78 is 23.6. The van der Waals surface area contributed by atoms with Gasteiger partial charge in [-0.05, 0) is 19.8 Å². The molecule has 0 spiro atoms. The van der Waals surface area contributed by atoms with E-state index in [4.69, 9.17) is 5.26 Å². The topological polar surface area (TPSA) is 57.9 Å². The van der Waals surface area contributed by atoms with Crippen LogP contribution in [-0.2, 0) is 9.84 Å². The van der Waals surface area contributed by atoms with Gasteiger partial charge < -0.3 is 0 Å². The van der Waals surface area contributed by atoms with E-state index >= 15 is 0 Å². The Bertz CT molecular complexity index is 310. The van der Waals surface area contributed by atoms with E-state index in [-0.39, 0.29) is 16.9 Å². The van der Waals surface area contributed by atoms with Crippen LogP contribution < -0.4 is 0 Å². The Kier molecular flexibility index (Phi) is 3.94. The van der Waals surface area contributed by atoms with Crippen molar-refractivity contribution in [2.45, 2.75) is 44.3 Å². The number of hydrogen-bond acceptors (Lipinski definition) is 3. The van der Waals surface area contributed by atoms with Gasteiger partial charge in [-0.1, -0.05) is 19.3 Å². The highest BCUT2D eigenvalue weighted by molar-refractivity contribution is 7.92. The van der Waals surface area contributed by atoms with Crippen LogP contribution in [0.15, 0.2) is 0 Å². The van der Waals surface area contributed by atoms with E-state index < -0.39 is 9.84 Å². The smallest absolute Gasteiger partial charge is 0.154 e. The minimum absolute atomic E-state index is 0.0359. The SMILES string of the molecule is CC(C#N)CS(=O)(=O)C1CCCCC1. The van der Waals surface area contributed by atoms with Crippen molar-refractivity contribution < 1.29 is 8.42 Å². The number of nitriles is 1. The fourth-order valence-corrected chi connectivity index (χ4v) is 4.04. The van der Waals surface area contributed by atoms with Crippen LogP contribution in [-0.4, -0.2) is 19.4 Å². The van der Waals surface area contributed by atoms with Gasteiger partial charge in [-0.25, -0.2) is 8.42 Å². The predicted octanol–water partition coefficient (Wildman–Crippen LogP) is 1.89. The van der Waals surface area contributed by atoms with E-state index in [1.165, 1.54) is 0 Å². The van der Waals surface area contributed by atoms with Gasteiger partial charge in [-0.3, -0.25) is 0 Å². The molecule has 0 N–H and O–H groups in total. The zero-order valence-corrected chi connectivity index (χ0v) is 9.39. The van der Waals surface area contributed by atoms with Crippen molar-refractivity contribution in [1.82, 2.24) is 0 Å². The average Bonchev–Trinajstić information content (AvgIpc) is 2.18. The molecule has 0 saturated heterocycles. The van der Waals surface area contributed by atoms with E-state index in [0.717, 1.165) is 32.1 Å². The van der Waals surface area contributed by atoms with Gasteiger partial charge in [0.1, 0.15) is 0 Å². The van der Waals surface area contributed by atoms with Gasteiger partial charge in [0.15, 0.2) is 9.84 Å². The van der Waals surface area contributed by atoms with Gasteiger partial charge in [0.25, 0.3) is 0 Å². The summed E-state index contributed by atoms with van der Waals surface area (Å²) in [5.41, 5.74) is 0. The van der Waals surface area contributed by atoms with Crippen molar-refractivity contribution in [3.05, 3.63) is 0 Å². The lowest BCUT2D eigenvalue weighted by Crippen LogP contribution is -2.28. The van der Waals surface area contributed by atoms with Crippen molar-refractivity contribution in [2.75, 3.05) is 5.75 Å². The van der Waals surface area contributed by atoms with E-state index in [1.54, 1.807) is 6.92 Å². The second-order valence-corrected chi connectivity index (χ2v) is 6.45. The van der Waals surface area contributed by atoms with Crippen LogP contribution >= 0.6 is 0 Å². The summed E-state index contributed by atoms with van der Waals surface area (Å²) in [5, 5.41) is 8.41. The van der Waals surface area contributed by atoms with Gasteiger partial charge >= 0.3 is 0 Å². The van der Waals surface area contributed by atoms with Crippen molar-refractivity contribution in [2.24, 2.45) is 5.92 Å². The van der Waals surface area contributed by atoms with E-state index in [0.29, 0.717) is 0 Å². The second-order valence-electron chi connectivity index (χ2n) is 4.12. The minimum Gasteiger partial charge on any atom is -0.229 e. The summed E-state index contributed by atoms with van der Waals surface area (Å²) in [6.07, 6.45) is 4.77. The second kappa shape index (κ2) is 4.79. The molecule has 1 atom stereocenters. The first-order chi connectivity index (χ1) is 6.56. The molecule has 1 aliphatic rings. The molecule has 0 aromatic rings. The van der Waals surface area contributed by atoms with Gasteiger partial charge in [0, 0.05) is 0 Å². The molecule has 0 aromatic carbocycles. The molecule has 1 saturated carbocycles. The molecule has 0 aromatic heterocycles. The highest BCUT2D eigenvalue weighted by Crippen LogP contribution is 2.25. The maximum atomic E-state index is 11.8. The molecule has 1 unspecified atom stereocenters. The summed E-state index contributed by atoms with van der Waals surface area (Å²) in [6.45, 7) is 1.67. The molecule has 0 aliphatic heterocycles. The van der Waals surface area contributed by atoms with Gasteiger partial charge in [0.05, 0.1) is 23.0 Å². The van der Waals surface area contributed by atoms with Crippen LogP contribution in [0.2, 0.25) is 0 Å². The summed E-state index contributed by atoms with van der Waals surface area (Å²) in [6, 6.07) is 1.98. The molecule has 1 fully saturated rings. The standard InChI is InChI=1S/C10H17NO2S/c1-9(7-11)8-14(12,13)10-5-3-2-4-6-10/h9-10H,2-6,8H2,1H3. The van der Waals surface area contributed by atoms with Crippen molar-refractivity contribution in [3.8, 4) is 6.07 Å². The highest BCUT2D eigenvalue weighted by Gasteiger charge is 2.28. The summed E-state index contributed by atoms with van der Waals surface area (Å²) in [4.78, 5) is 0. The normalized spacial score (nSPS) is 21.4. The van der Waals surface area contributed by atoms with Crippen molar-refractivity contribution >= 4 is 9.84 Å². The lowest BCUT2D eigenvalue weighted by atomic mass is 10.0. The molecule has 0 heterocycles. The predicted molar refractivity (Wildman–Crippen MR) is 55.4 cm³/mol. The molecular weight excluding hydrogens is 198 g/mol. The molecule has 1 rings (SSSR count). The summed E-state index contributed by atoms with van der Waals surface area (Å²) >= 11 is 0. The zero-order valence-electron chi connectivity index (χ0n) is 8.57. The molecule has 4 heteroatoms. The number of sulfone groups is 1. The van der Waals surface area contributed by atoms with Crippen LogP contribution in [0.4, 0.5) is 0 Å². The number of nitrogens with zero attached hydrogens (tertiary/aromatic N) is 1. The Hall–Kier alpha value is -0.560. The quantitative estimate of drug-likeness (QED) is 0.722. The van der Waals surface area contributed by atoms with Crippen LogP contribution in [0, 0.1) is 17.2 Å². The highest BCUT2D eigenvalue weighted by atomic mass is 32.2. The van der Waals surface area contributed by atoms with Crippen LogP contribution in [0.1, 0.15) is 39.0 Å². The molecule has 3 nitrogen and oxygen atoms in total. The van der Waals surface area contributed by atoms with Gasteiger partial charge in [-0.2, -0.15) is 5.26 Å². The molecule has 0 radical (unpaired) electrons.